The van der Waals surface area contributed by atoms with Gasteiger partial charge >= 0.3 is 16.4 Å². The maximum Gasteiger partial charge on any atom is 0.451 e. The predicted octanol–water partition coefficient (Wildman–Crippen LogP) is 11.3. The Morgan fingerprint density at radius 3 is 1.27 bits per heavy atom. The molecule has 238 valence electrons. The van der Waals surface area contributed by atoms with Crippen LogP contribution < -0.4 is 0 Å². The molecule has 0 aromatic rings. The van der Waals surface area contributed by atoms with Gasteiger partial charge < -0.3 is 4.18 Å². The Hall–Kier alpha value is -0.880. The maximum atomic E-state index is 11.9. The zero-order chi connectivity index (χ0) is 29.4. The van der Waals surface area contributed by atoms with Crippen molar-refractivity contribution in [1.29, 1.82) is 0 Å². The molecule has 0 saturated carbocycles. The van der Waals surface area contributed by atoms with Crippen LogP contribution in [0, 0.1) is 0 Å². The van der Waals surface area contributed by atoms with Gasteiger partial charge in [-0.3, -0.25) is 4.79 Å². The SMILES string of the molecule is CCCCCCCCC=CCCCCCCCC(=O)OS(=O)(=O)OCCCCCCCCCCCCCCCC. The van der Waals surface area contributed by atoms with Gasteiger partial charge in [0.15, 0.2) is 0 Å². The van der Waals surface area contributed by atoms with E-state index in [1.165, 1.54) is 122 Å². The summed E-state index contributed by atoms with van der Waals surface area (Å²) in [7, 11) is -4.23. The second kappa shape index (κ2) is 31.1. The second-order valence-electron chi connectivity index (χ2n) is 11.6. The summed E-state index contributed by atoms with van der Waals surface area (Å²) in [5.41, 5.74) is 0. The van der Waals surface area contributed by atoms with E-state index in [0.717, 1.165) is 38.5 Å². The molecule has 5 nitrogen and oxygen atoms in total. The van der Waals surface area contributed by atoms with Gasteiger partial charge in [-0.25, -0.2) is 4.18 Å². The van der Waals surface area contributed by atoms with Crippen molar-refractivity contribution in [2.24, 2.45) is 0 Å². The third-order valence-electron chi connectivity index (χ3n) is 7.56. The summed E-state index contributed by atoms with van der Waals surface area (Å²) in [5, 5.41) is 0. The van der Waals surface area contributed by atoms with Gasteiger partial charge in [0.1, 0.15) is 0 Å². The molecule has 0 N–H and O–H groups in total. The molecule has 0 amide bonds. The minimum absolute atomic E-state index is 0.0844. The van der Waals surface area contributed by atoms with Crippen molar-refractivity contribution in [3.63, 3.8) is 0 Å². The molecule has 0 aliphatic rings. The average molecular weight is 587 g/mol. The van der Waals surface area contributed by atoms with Crippen LogP contribution in [0.1, 0.15) is 194 Å². The van der Waals surface area contributed by atoms with Crippen LogP contribution in [0.3, 0.4) is 0 Å². The highest BCUT2D eigenvalue weighted by Crippen LogP contribution is 2.14. The van der Waals surface area contributed by atoms with Gasteiger partial charge in [-0.1, -0.05) is 161 Å². The summed E-state index contributed by atoms with van der Waals surface area (Å²) in [4.78, 5) is 11.9. The highest BCUT2D eigenvalue weighted by Gasteiger charge is 2.17. The van der Waals surface area contributed by atoms with Crippen molar-refractivity contribution in [3.8, 4) is 0 Å². The first-order valence-corrected chi connectivity index (χ1v) is 18.6. The standard InChI is InChI=1S/C34H66O5S/c1-3-5-7-9-11-13-15-17-19-20-22-24-26-28-30-32-34(35)39-40(36,37)38-33-31-29-27-25-23-21-18-16-14-12-10-8-6-4-2/h17,19H,3-16,18,20-33H2,1-2H3. The number of rotatable bonds is 32. The van der Waals surface area contributed by atoms with Gasteiger partial charge in [-0.05, 0) is 38.5 Å². The van der Waals surface area contributed by atoms with Crippen molar-refractivity contribution >= 4 is 16.4 Å². The number of carbonyl (C=O) groups excluding carboxylic acids is 1. The average Bonchev–Trinajstić information content (AvgIpc) is 2.92. The van der Waals surface area contributed by atoms with E-state index >= 15 is 0 Å². The Bertz CT molecular complexity index is 659. The molecule has 0 rings (SSSR count). The largest absolute Gasteiger partial charge is 0.451 e. The molecule has 0 atom stereocenters. The zero-order valence-electron chi connectivity index (χ0n) is 26.6. The van der Waals surface area contributed by atoms with E-state index in [1.54, 1.807) is 0 Å². The van der Waals surface area contributed by atoms with Crippen LogP contribution in [-0.4, -0.2) is 21.0 Å². The number of allylic oxidation sites excluding steroid dienone is 2. The summed E-state index contributed by atoms with van der Waals surface area (Å²) in [6.45, 7) is 4.59. The van der Waals surface area contributed by atoms with E-state index in [9.17, 15) is 13.2 Å². The maximum absolute atomic E-state index is 11.9. The fourth-order valence-corrected chi connectivity index (χ4v) is 5.66. The topological polar surface area (TPSA) is 69.7 Å². The van der Waals surface area contributed by atoms with Gasteiger partial charge in [-0.2, -0.15) is 8.42 Å². The van der Waals surface area contributed by atoms with E-state index in [0.29, 0.717) is 12.8 Å². The van der Waals surface area contributed by atoms with E-state index in [4.69, 9.17) is 4.18 Å². The molecule has 0 spiro atoms. The molecule has 0 aliphatic carbocycles. The van der Waals surface area contributed by atoms with Crippen molar-refractivity contribution in [2.45, 2.75) is 194 Å². The predicted molar refractivity (Wildman–Crippen MR) is 171 cm³/mol. The Kier molecular flexibility index (Phi) is 30.4. The van der Waals surface area contributed by atoms with Crippen LogP contribution in [0.2, 0.25) is 0 Å². The Morgan fingerprint density at radius 2 is 0.850 bits per heavy atom. The molecule has 0 aliphatic heterocycles. The Balaban J connectivity index is 3.46. The van der Waals surface area contributed by atoms with Crippen LogP contribution >= 0.6 is 0 Å². The van der Waals surface area contributed by atoms with E-state index in [2.05, 4.69) is 30.2 Å². The lowest BCUT2D eigenvalue weighted by Gasteiger charge is -2.06. The molecule has 40 heavy (non-hydrogen) atoms. The molecule has 0 unspecified atom stereocenters. The normalized spacial score (nSPS) is 11.9. The van der Waals surface area contributed by atoms with Gasteiger partial charge in [-0.15, -0.1) is 0 Å². The Labute approximate surface area is 250 Å². The molecule has 0 saturated heterocycles. The van der Waals surface area contributed by atoms with Crippen LogP contribution in [0.4, 0.5) is 0 Å². The number of hydrogen-bond acceptors (Lipinski definition) is 5. The fraction of sp³-hybridized carbons (Fsp3) is 0.912. The zero-order valence-corrected chi connectivity index (χ0v) is 27.4. The van der Waals surface area contributed by atoms with Gasteiger partial charge in [0.2, 0.25) is 0 Å². The first kappa shape index (κ1) is 39.1. The lowest BCUT2D eigenvalue weighted by molar-refractivity contribution is -0.134. The summed E-state index contributed by atoms with van der Waals surface area (Å²) in [5.74, 6) is -0.710. The first-order valence-electron chi connectivity index (χ1n) is 17.3. The Morgan fingerprint density at radius 1 is 0.500 bits per heavy atom. The highest BCUT2D eigenvalue weighted by molar-refractivity contribution is 7.82. The van der Waals surface area contributed by atoms with Crippen molar-refractivity contribution < 1.29 is 21.6 Å². The number of hydrogen-bond donors (Lipinski definition) is 0. The van der Waals surface area contributed by atoms with E-state index in [1.807, 2.05) is 0 Å². The van der Waals surface area contributed by atoms with Crippen LogP contribution in [0.5, 0.6) is 0 Å². The lowest BCUT2D eigenvalue weighted by Crippen LogP contribution is -2.16. The highest BCUT2D eigenvalue weighted by atomic mass is 32.3. The molecule has 0 fully saturated rings. The smallest absolute Gasteiger partial charge is 0.325 e. The second-order valence-corrected chi connectivity index (χ2v) is 12.8. The first-order chi connectivity index (χ1) is 19.5. The minimum Gasteiger partial charge on any atom is -0.325 e. The molecule has 0 aromatic heterocycles. The van der Waals surface area contributed by atoms with Crippen molar-refractivity contribution in [2.75, 3.05) is 6.61 Å². The summed E-state index contributed by atoms with van der Waals surface area (Å²) in [6.07, 6.45) is 37.4. The molecular weight excluding hydrogens is 520 g/mol. The summed E-state index contributed by atoms with van der Waals surface area (Å²) >= 11 is 0. The number of unbranched alkanes of at least 4 members (excludes halogenated alkanes) is 24. The van der Waals surface area contributed by atoms with Crippen LogP contribution in [-0.2, 0) is 23.6 Å². The lowest BCUT2D eigenvalue weighted by atomic mass is 10.0. The molecule has 0 heterocycles. The van der Waals surface area contributed by atoms with Crippen LogP contribution in [0.25, 0.3) is 0 Å². The molecular formula is C34H66O5S. The van der Waals surface area contributed by atoms with E-state index in [-0.39, 0.29) is 13.0 Å². The summed E-state index contributed by atoms with van der Waals surface area (Å²) in [6, 6.07) is 0. The minimum atomic E-state index is -4.23. The van der Waals surface area contributed by atoms with Crippen molar-refractivity contribution in [1.82, 2.24) is 0 Å². The third kappa shape index (κ3) is 31.6. The van der Waals surface area contributed by atoms with Gasteiger partial charge in [0.05, 0.1) is 6.61 Å². The molecule has 6 heteroatoms. The molecule has 0 radical (unpaired) electrons. The van der Waals surface area contributed by atoms with Gasteiger partial charge in [0.25, 0.3) is 0 Å². The van der Waals surface area contributed by atoms with Crippen molar-refractivity contribution in [3.05, 3.63) is 12.2 Å². The van der Waals surface area contributed by atoms with Gasteiger partial charge in [0, 0.05) is 6.42 Å². The molecule has 0 bridgehead atoms. The third-order valence-corrected chi connectivity index (χ3v) is 8.41. The monoisotopic (exact) mass is 586 g/mol. The molecule has 0 aromatic carbocycles. The van der Waals surface area contributed by atoms with E-state index < -0.39 is 16.4 Å². The fourth-order valence-electron chi connectivity index (χ4n) is 4.98. The quantitative estimate of drug-likeness (QED) is 0.0579. The van der Waals surface area contributed by atoms with Crippen LogP contribution in [0.15, 0.2) is 12.2 Å². The number of carbonyl (C=O) groups is 1. The summed E-state index contributed by atoms with van der Waals surface area (Å²) < 4.78 is 33.2.